The zero-order valence-corrected chi connectivity index (χ0v) is 34.6. The van der Waals surface area contributed by atoms with Crippen molar-refractivity contribution in [3.63, 3.8) is 0 Å². The van der Waals surface area contributed by atoms with Gasteiger partial charge in [0, 0.05) is 80.0 Å². The summed E-state index contributed by atoms with van der Waals surface area (Å²) < 4.78 is 16.9. The summed E-state index contributed by atoms with van der Waals surface area (Å²) in [6.07, 6.45) is 7.74. The number of piperazine rings is 1. The van der Waals surface area contributed by atoms with E-state index in [0.717, 1.165) is 67.1 Å². The molecule has 0 aliphatic carbocycles. The maximum atomic E-state index is 16.9. The molecule has 15 heteroatoms. The molecule has 8 rings (SSSR count). The molecule has 2 saturated heterocycles. The number of carbonyl (C=O) groups excluding carboxylic acids is 4. The Morgan fingerprint density at radius 3 is 2.39 bits per heavy atom. The second-order valence-electron chi connectivity index (χ2n) is 15.8. The van der Waals surface area contributed by atoms with Crippen LogP contribution in [0.3, 0.4) is 0 Å². The summed E-state index contributed by atoms with van der Waals surface area (Å²) in [5.74, 6) is -0.844. The largest absolute Gasteiger partial charge is 0.508 e. The molecule has 3 aliphatic rings. The number of aromatic nitrogens is 2. The van der Waals surface area contributed by atoms with Gasteiger partial charge in [-0.1, -0.05) is 74.2 Å². The Morgan fingerprint density at radius 1 is 0.902 bits per heavy atom. The number of halogens is 2. The molecule has 4 aromatic carbocycles. The molecule has 0 saturated carbocycles. The van der Waals surface area contributed by atoms with E-state index in [1.54, 1.807) is 28.0 Å². The zero-order valence-electron chi connectivity index (χ0n) is 33.8. The number of rotatable bonds is 15. The highest BCUT2D eigenvalue weighted by molar-refractivity contribution is 6.35. The van der Waals surface area contributed by atoms with Crippen LogP contribution in [0.1, 0.15) is 67.3 Å². The Bertz CT molecular complexity index is 2540. The summed E-state index contributed by atoms with van der Waals surface area (Å²) in [5, 5.41) is 21.9. The summed E-state index contributed by atoms with van der Waals surface area (Å²) in [4.78, 5) is 64.4. The number of anilines is 3. The minimum atomic E-state index is -0.643. The van der Waals surface area contributed by atoms with E-state index in [9.17, 15) is 24.3 Å². The Morgan fingerprint density at radius 2 is 1.64 bits per heavy atom. The standard InChI is InChI=1S/C46H48ClFN8O5/c1-2-39(59)54-20-22-55(23-21-54)43-33-26-35(47)40(32-25-29(57)24-28-12-7-8-13-30(28)32)41(48)42(33)52-46(53-43)50-19-10-6-4-3-5-9-18-49-36-15-11-14-31-34(36)27-56(45(31)61)37-16-17-38(58)51-44(37)60/h2,7-8,11-15,24-26,37,49,57H,1,3-6,9-10,16-23,27H2,(H,50,52,53)(H,51,58,60). The molecule has 0 spiro atoms. The van der Waals surface area contributed by atoms with Crippen molar-refractivity contribution in [2.75, 3.05) is 54.8 Å². The number of amides is 4. The molecule has 3 aliphatic heterocycles. The molecule has 4 amide bonds. The van der Waals surface area contributed by atoms with Gasteiger partial charge in [-0.05, 0) is 72.0 Å². The topological polar surface area (TPSA) is 160 Å². The second-order valence-corrected chi connectivity index (χ2v) is 16.2. The number of imide groups is 1. The van der Waals surface area contributed by atoms with Crippen molar-refractivity contribution in [2.24, 2.45) is 0 Å². The van der Waals surface area contributed by atoms with Crippen LogP contribution >= 0.6 is 11.6 Å². The Labute approximate surface area is 358 Å². The molecule has 0 bridgehead atoms. The first-order chi connectivity index (χ1) is 29.6. The van der Waals surface area contributed by atoms with Crippen molar-refractivity contribution in [1.29, 1.82) is 0 Å². The summed E-state index contributed by atoms with van der Waals surface area (Å²) in [6, 6.07) is 17.2. The van der Waals surface area contributed by atoms with Crippen molar-refractivity contribution in [3.05, 3.63) is 95.3 Å². The van der Waals surface area contributed by atoms with E-state index in [2.05, 4.69) is 27.5 Å². The monoisotopic (exact) mass is 846 g/mol. The first-order valence-electron chi connectivity index (χ1n) is 20.9. The van der Waals surface area contributed by atoms with E-state index in [1.807, 2.05) is 41.3 Å². The maximum absolute atomic E-state index is 16.9. The highest BCUT2D eigenvalue weighted by atomic mass is 35.5. The predicted octanol–water partition coefficient (Wildman–Crippen LogP) is 7.41. The van der Waals surface area contributed by atoms with Gasteiger partial charge in [0.05, 0.1) is 5.02 Å². The van der Waals surface area contributed by atoms with E-state index in [-0.39, 0.29) is 46.0 Å². The number of nitrogens with one attached hydrogen (secondary N) is 3. The van der Waals surface area contributed by atoms with Gasteiger partial charge in [-0.3, -0.25) is 24.5 Å². The van der Waals surface area contributed by atoms with Gasteiger partial charge in [0.25, 0.3) is 5.91 Å². The fourth-order valence-corrected chi connectivity index (χ4v) is 8.94. The van der Waals surface area contributed by atoms with Crippen LogP contribution in [0.15, 0.2) is 73.3 Å². The molecular formula is C46H48ClFN8O5. The smallest absolute Gasteiger partial charge is 0.255 e. The molecule has 1 atom stereocenters. The fourth-order valence-electron chi connectivity index (χ4n) is 8.65. The first kappa shape index (κ1) is 41.5. The van der Waals surface area contributed by atoms with Crippen LogP contribution in [0.5, 0.6) is 5.75 Å². The maximum Gasteiger partial charge on any atom is 0.255 e. The zero-order chi connectivity index (χ0) is 42.6. The minimum absolute atomic E-state index is 0.00555. The molecular weight excluding hydrogens is 799 g/mol. The van der Waals surface area contributed by atoms with Crippen LogP contribution in [-0.4, -0.2) is 93.8 Å². The number of phenols is 1. The number of unbranched alkanes of at least 4 members (excludes halogenated alkanes) is 5. The Balaban J connectivity index is 0.878. The van der Waals surface area contributed by atoms with Crippen molar-refractivity contribution in [3.8, 4) is 16.9 Å². The van der Waals surface area contributed by atoms with Crippen molar-refractivity contribution < 1.29 is 28.7 Å². The predicted molar refractivity (Wildman–Crippen MR) is 235 cm³/mol. The Kier molecular flexibility index (Phi) is 12.3. The van der Waals surface area contributed by atoms with Crippen molar-refractivity contribution in [2.45, 2.75) is 64.0 Å². The van der Waals surface area contributed by atoms with Gasteiger partial charge in [-0.25, -0.2) is 9.37 Å². The number of benzene rings is 4. The van der Waals surface area contributed by atoms with Crippen LogP contribution in [0.25, 0.3) is 32.8 Å². The number of hydrogen-bond donors (Lipinski definition) is 4. The molecule has 13 nitrogen and oxygen atoms in total. The van der Waals surface area contributed by atoms with Crippen LogP contribution in [-0.2, 0) is 20.9 Å². The third-order valence-electron chi connectivity index (χ3n) is 11.8. The number of phenolic OH excluding ortho intramolecular Hbond substituents is 1. The van der Waals surface area contributed by atoms with Gasteiger partial charge in [0.1, 0.15) is 23.1 Å². The van der Waals surface area contributed by atoms with E-state index < -0.39 is 17.8 Å². The molecule has 316 valence electrons. The number of fused-ring (bicyclic) bond motifs is 3. The van der Waals surface area contributed by atoms with Crippen molar-refractivity contribution in [1.82, 2.24) is 25.1 Å². The number of piperidine rings is 1. The lowest BCUT2D eigenvalue weighted by atomic mass is 9.96. The van der Waals surface area contributed by atoms with Gasteiger partial charge in [-0.2, -0.15) is 4.98 Å². The molecule has 1 aromatic heterocycles. The highest BCUT2D eigenvalue weighted by Gasteiger charge is 2.40. The lowest BCUT2D eigenvalue weighted by molar-refractivity contribution is -0.137. The molecule has 61 heavy (non-hydrogen) atoms. The summed E-state index contributed by atoms with van der Waals surface area (Å²) in [6.45, 7) is 7.15. The third-order valence-corrected chi connectivity index (χ3v) is 12.1. The molecule has 4 heterocycles. The molecule has 1 unspecified atom stereocenters. The van der Waals surface area contributed by atoms with Gasteiger partial charge >= 0.3 is 0 Å². The van der Waals surface area contributed by atoms with Gasteiger partial charge in [0.15, 0.2) is 5.82 Å². The number of nitrogens with zero attached hydrogens (tertiary/aromatic N) is 5. The Hall–Kier alpha value is -6.28. The van der Waals surface area contributed by atoms with Gasteiger partial charge in [-0.15, -0.1) is 0 Å². The average Bonchev–Trinajstić information content (AvgIpc) is 3.60. The molecule has 0 radical (unpaired) electrons. The SMILES string of the molecule is C=CC(=O)N1CCN(c2nc(NCCCCCCCCNc3cccc4c3CN(C3CCC(=O)NC3=O)C4=O)nc3c(F)c(-c4cc(O)cc5ccccc45)c(Cl)cc23)CC1. The van der Waals surface area contributed by atoms with Crippen LogP contribution in [0.4, 0.5) is 21.8 Å². The highest BCUT2D eigenvalue weighted by Crippen LogP contribution is 2.42. The number of carbonyl (C=O) groups is 4. The lowest BCUT2D eigenvalue weighted by Gasteiger charge is -2.35. The van der Waals surface area contributed by atoms with E-state index in [4.69, 9.17) is 16.6 Å². The summed E-state index contributed by atoms with van der Waals surface area (Å²) in [7, 11) is 0. The van der Waals surface area contributed by atoms with E-state index in [0.29, 0.717) is 74.0 Å². The van der Waals surface area contributed by atoms with E-state index >= 15 is 4.39 Å². The van der Waals surface area contributed by atoms with Crippen LogP contribution in [0.2, 0.25) is 5.02 Å². The normalized spacial score (nSPS) is 16.6. The molecule has 4 N–H and O–H groups in total. The fraction of sp³-hybridized carbons (Fsp3) is 0.348. The van der Waals surface area contributed by atoms with Crippen LogP contribution in [0, 0.1) is 5.82 Å². The third kappa shape index (κ3) is 8.67. The average molecular weight is 847 g/mol. The number of aromatic hydroxyl groups is 1. The van der Waals surface area contributed by atoms with E-state index in [1.165, 1.54) is 12.1 Å². The lowest BCUT2D eigenvalue weighted by Crippen LogP contribution is -2.52. The molecule has 5 aromatic rings. The summed E-state index contributed by atoms with van der Waals surface area (Å²) in [5.41, 5.74) is 3.08. The van der Waals surface area contributed by atoms with Crippen LogP contribution < -0.4 is 20.9 Å². The van der Waals surface area contributed by atoms with Crippen molar-refractivity contribution >= 4 is 74.4 Å². The minimum Gasteiger partial charge on any atom is -0.508 e. The molecule has 2 fully saturated rings. The quantitative estimate of drug-likeness (QED) is 0.0475. The number of hydrogen-bond acceptors (Lipinski definition) is 10. The van der Waals surface area contributed by atoms with Gasteiger partial charge < -0.3 is 30.4 Å². The second kappa shape index (κ2) is 18.1. The first-order valence-corrected chi connectivity index (χ1v) is 21.3. The summed E-state index contributed by atoms with van der Waals surface area (Å²) >= 11 is 6.88. The van der Waals surface area contributed by atoms with Gasteiger partial charge in [0.2, 0.25) is 23.7 Å².